The summed E-state index contributed by atoms with van der Waals surface area (Å²) in [6, 6.07) is 0. The monoisotopic (exact) mass is 297 g/mol. The fourth-order valence-electron chi connectivity index (χ4n) is 2.64. The van der Waals surface area contributed by atoms with E-state index in [1.54, 1.807) is 0 Å². The Labute approximate surface area is 126 Å². The second-order valence-corrected chi connectivity index (χ2v) is 5.66. The first-order chi connectivity index (χ1) is 9.81. The molecule has 2 rings (SSSR count). The Morgan fingerprint density at radius 1 is 1.30 bits per heavy atom. The van der Waals surface area contributed by atoms with Gasteiger partial charge in [-0.15, -0.1) is 0 Å². The topological polar surface area (TPSA) is 47.0 Å². The zero-order valence-corrected chi connectivity index (χ0v) is 13.0. The fourth-order valence-corrected chi connectivity index (χ4v) is 2.87. The highest BCUT2D eigenvalue weighted by atomic mass is 35.5. The number of hydrogen-bond acceptors (Lipinski definition) is 4. The van der Waals surface area contributed by atoms with Crippen molar-refractivity contribution in [1.82, 2.24) is 9.97 Å². The average molecular weight is 298 g/mol. The van der Waals surface area contributed by atoms with Crippen LogP contribution < -0.4 is 5.32 Å². The van der Waals surface area contributed by atoms with Crippen LogP contribution in [0.1, 0.15) is 51.0 Å². The maximum Gasteiger partial charge on any atom is 0.137 e. The Hall–Kier alpha value is -0.870. The van der Waals surface area contributed by atoms with Gasteiger partial charge in [0.25, 0.3) is 0 Å². The lowest BCUT2D eigenvalue weighted by Gasteiger charge is -2.22. The molecule has 0 spiro atoms. The second-order valence-electron chi connectivity index (χ2n) is 5.30. The van der Waals surface area contributed by atoms with Crippen molar-refractivity contribution in [2.24, 2.45) is 0 Å². The Morgan fingerprint density at radius 3 is 2.85 bits per heavy atom. The number of nitrogens with one attached hydrogen (secondary N) is 1. The van der Waals surface area contributed by atoms with E-state index in [2.05, 4.69) is 22.2 Å². The molecule has 5 heteroatoms. The van der Waals surface area contributed by atoms with Crippen molar-refractivity contribution in [2.75, 3.05) is 18.5 Å². The first kappa shape index (κ1) is 15.5. The van der Waals surface area contributed by atoms with E-state index in [0.29, 0.717) is 11.3 Å². The minimum absolute atomic E-state index is 0.453. The van der Waals surface area contributed by atoms with Crippen LogP contribution in [0.15, 0.2) is 6.33 Å². The molecule has 1 aliphatic carbocycles. The Balaban J connectivity index is 1.77. The maximum absolute atomic E-state index is 6.12. The van der Waals surface area contributed by atoms with Gasteiger partial charge < -0.3 is 10.1 Å². The number of halogens is 1. The number of rotatable bonds is 7. The summed E-state index contributed by atoms with van der Waals surface area (Å²) < 4.78 is 5.90. The SMILES string of the molecule is CCCc1c(Cl)ncnc1NCCOC1CCCCC1. The zero-order chi connectivity index (χ0) is 14.2. The third-order valence-corrected chi connectivity index (χ3v) is 4.02. The third-order valence-electron chi connectivity index (χ3n) is 3.69. The molecule has 1 aliphatic rings. The van der Waals surface area contributed by atoms with Crippen molar-refractivity contribution >= 4 is 17.4 Å². The molecule has 1 aromatic heterocycles. The predicted octanol–water partition coefficient (Wildman–Crippen LogP) is 3.84. The van der Waals surface area contributed by atoms with Crippen molar-refractivity contribution in [2.45, 2.75) is 58.0 Å². The molecule has 112 valence electrons. The molecule has 1 fully saturated rings. The summed E-state index contributed by atoms with van der Waals surface area (Å²) in [6.07, 6.45) is 10.3. The number of nitrogens with zero attached hydrogens (tertiary/aromatic N) is 2. The molecule has 0 unspecified atom stereocenters. The van der Waals surface area contributed by atoms with E-state index >= 15 is 0 Å². The van der Waals surface area contributed by atoms with Crippen LogP contribution >= 0.6 is 11.6 Å². The average Bonchev–Trinajstić information content (AvgIpc) is 2.48. The van der Waals surface area contributed by atoms with Crippen molar-refractivity contribution < 1.29 is 4.74 Å². The van der Waals surface area contributed by atoms with E-state index in [9.17, 15) is 0 Å². The van der Waals surface area contributed by atoms with Gasteiger partial charge in [0.15, 0.2) is 0 Å². The smallest absolute Gasteiger partial charge is 0.137 e. The fraction of sp³-hybridized carbons (Fsp3) is 0.733. The first-order valence-electron chi connectivity index (χ1n) is 7.66. The van der Waals surface area contributed by atoms with Crippen molar-refractivity contribution in [3.05, 3.63) is 17.0 Å². The lowest BCUT2D eigenvalue weighted by atomic mass is 9.98. The zero-order valence-electron chi connectivity index (χ0n) is 12.2. The summed E-state index contributed by atoms with van der Waals surface area (Å²) in [5.74, 6) is 0.846. The van der Waals surface area contributed by atoms with E-state index in [-0.39, 0.29) is 0 Å². The molecule has 1 saturated carbocycles. The lowest BCUT2D eigenvalue weighted by molar-refractivity contribution is 0.0347. The summed E-state index contributed by atoms with van der Waals surface area (Å²) in [7, 11) is 0. The van der Waals surface area contributed by atoms with E-state index in [1.165, 1.54) is 38.4 Å². The van der Waals surface area contributed by atoms with Crippen LogP contribution in [0, 0.1) is 0 Å². The van der Waals surface area contributed by atoms with Gasteiger partial charge >= 0.3 is 0 Å². The highest BCUT2D eigenvalue weighted by Gasteiger charge is 2.13. The molecule has 0 bridgehead atoms. The molecule has 1 aromatic rings. The van der Waals surface area contributed by atoms with Gasteiger partial charge in [-0.25, -0.2) is 9.97 Å². The largest absolute Gasteiger partial charge is 0.376 e. The van der Waals surface area contributed by atoms with E-state index in [4.69, 9.17) is 16.3 Å². The molecule has 4 nitrogen and oxygen atoms in total. The van der Waals surface area contributed by atoms with Gasteiger partial charge in [-0.3, -0.25) is 0 Å². The molecule has 0 radical (unpaired) electrons. The van der Waals surface area contributed by atoms with Gasteiger partial charge in [0, 0.05) is 12.1 Å². The minimum Gasteiger partial charge on any atom is -0.376 e. The molecular weight excluding hydrogens is 274 g/mol. The van der Waals surface area contributed by atoms with Gasteiger partial charge in [-0.2, -0.15) is 0 Å². The van der Waals surface area contributed by atoms with Crippen LogP contribution in [0.2, 0.25) is 5.15 Å². The van der Waals surface area contributed by atoms with Crippen LogP contribution in [0.3, 0.4) is 0 Å². The maximum atomic E-state index is 6.12. The molecule has 0 aromatic carbocycles. The van der Waals surface area contributed by atoms with Gasteiger partial charge in [-0.1, -0.05) is 44.2 Å². The number of ether oxygens (including phenoxy) is 1. The van der Waals surface area contributed by atoms with Crippen LogP contribution in [0.5, 0.6) is 0 Å². The second kappa shape index (κ2) is 8.42. The van der Waals surface area contributed by atoms with Gasteiger partial charge in [0.2, 0.25) is 0 Å². The normalized spacial score (nSPS) is 16.3. The van der Waals surface area contributed by atoms with E-state index < -0.39 is 0 Å². The summed E-state index contributed by atoms with van der Waals surface area (Å²) in [4.78, 5) is 8.32. The standard InChI is InChI=1S/C15H24ClN3O/c1-2-6-13-14(16)18-11-19-15(13)17-9-10-20-12-7-4-3-5-8-12/h11-12H,2-10H2,1H3,(H,17,18,19). The Kier molecular flexibility index (Phi) is 6.54. The molecule has 0 saturated heterocycles. The van der Waals surface area contributed by atoms with Gasteiger partial charge in [-0.05, 0) is 19.3 Å². The van der Waals surface area contributed by atoms with Crippen LogP contribution in [0.25, 0.3) is 0 Å². The molecule has 0 atom stereocenters. The molecule has 0 amide bonds. The molecule has 0 aliphatic heterocycles. The van der Waals surface area contributed by atoms with Gasteiger partial charge in [0.05, 0.1) is 12.7 Å². The Morgan fingerprint density at radius 2 is 2.10 bits per heavy atom. The lowest BCUT2D eigenvalue weighted by Crippen LogP contribution is -2.21. The summed E-state index contributed by atoms with van der Waals surface area (Å²) >= 11 is 6.12. The minimum atomic E-state index is 0.453. The molecule has 1 N–H and O–H groups in total. The van der Waals surface area contributed by atoms with Crippen molar-refractivity contribution in [1.29, 1.82) is 0 Å². The van der Waals surface area contributed by atoms with Crippen LogP contribution in [-0.4, -0.2) is 29.2 Å². The van der Waals surface area contributed by atoms with Gasteiger partial charge in [0.1, 0.15) is 17.3 Å². The summed E-state index contributed by atoms with van der Waals surface area (Å²) in [6.45, 7) is 3.61. The van der Waals surface area contributed by atoms with E-state index in [0.717, 1.165) is 37.4 Å². The summed E-state index contributed by atoms with van der Waals surface area (Å²) in [5.41, 5.74) is 1.01. The van der Waals surface area contributed by atoms with Crippen molar-refractivity contribution in [3.8, 4) is 0 Å². The first-order valence-corrected chi connectivity index (χ1v) is 8.04. The molecular formula is C15H24ClN3O. The number of hydrogen-bond donors (Lipinski definition) is 1. The van der Waals surface area contributed by atoms with Crippen LogP contribution in [0.4, 0.5) is 5.82 Å². The predicted molar refractivity (Wildman–Crippen MR) is 82.4 cm³/mol. The Bertz CT molecular complexity index is 408. The van der Waals surface area contributed by atoms with Crippen LogP contribution in [-0.2, 0) is 11.2 Å². The quantitative estimate of drug-likeness (QED) is 0.613. The number of anilines is 1. The van der Waals surface area contributed by atoms with Crippen molar-refractivity contribution in [3.63, 3.8) is 0 Å². The van der Waals surface area contributed by atoms with E-state index in [1.807, 2.05) is 0 Å². The molecule has 20 heavy (non-hydrogen) atoms. The highest BCUT2D eigenvalue weighted by molar-refractivity contribution is 6.30. The highest BCUT2D eigenvalue weighted by Crippen LogP contribution is 2.22. The number of aromatic nitrogens is 2. The summed E-state index contributed by atoms with van der Waals surface area (Å²) in [5, 5.41) is 3.87. The third kappa shape index (κ3) is 4.60. The molecule has 1 heterocycles.